The molecule has 0 amide bonds. The van der Waals surface area contributed by atoms with Gasteiger partial charge in [-0.25, -0.2) is 0 Å². The second-order valence-electron chi connectivity index (χ2n) is 7.42. The molecule has 0 aliphatic rings. The highest BCUT2D eigenvalue weighted by Gasteiger charge is 2.24. The average molecular weight is 365 g/mol. The van der Waals surface area contributed by atoms with E-state index in [0.717, 1.165) is 24.2 Å². The van der Waals surface area contributed by atoms with E-state index < -0.39 is 0 Å². The van der Waals surface area contributed by atoms with Gasteiger partial charge in [-0.15, -0.1) is 13.2 Å². The van der Waals surface area contributed by atoms with Gasteiger partial charge in [-0.2, -0.15) is 0 Å². The fourth-order valence-electron chi connectivity index (χ4n) is 3.26. The molecule has 2 nitrogen and oxygen atoms in total. The maximum absolute atomic E-state index is 5.89. The van der Waals surface area contributed by atoms with Crippen molar-refractivity contribution in [1.29, 1.82) is 0 Å². The van der Waals surface area contributed by atoms with Crippen LogP contribution >= 0.6 is 0 Å². The van der Waals surface area contributed by atoms with E-state index in [1.54, 1.807) is 7.11 Å². The number of benzene rings is 2. The molecule has 0 atom stereocenters. The molecular formula is C25H32O2. The first-order chi connectivity index (χ1) is 12.9. The molecule has 0 saturated carbocycles. The highest BCUT2D eigenvalue weighted by atomic mass is 16.5. The maximum Gasteiger partial charge on any atom is 0.122 e. The molecule has 2 heteroatoms. The second kappa shape index (κ2) is 9.57. The third kappa shape index (κ3) is 5.11. The smallest absolute Gasteiger partial charge is 0.122 e. The zero-order valence-corrected chi connectivity index (χ0v) is 17.2. The van der Waals surface area contributed by atoms with Crippen LogP contribution in [0.5, 0.6) is 5.75 Å². The van der Waals surface area contributed by atoms with Crippen LogP contribution in [0.3, 0.4) is 0 Å². The Balaban J connectivity index is 2.39. The first-order valence-electron chi connectivity index (χ1n) is 9.51. The van der Waals surface area contributed by atoms with Gasteiger partial charge in [0.2, 0.25) is 0 Å². The minimum atomic E-state index is -0.107. The van der Waals surface area contributed by atoms with E-state index in [1.807, 2.05) is 12.2 Å². The summed E-state index contributed by atoms with van der Waals surface area (Å²) in [5.41, 5.74) is 6.27. The molecule has 0 aliphatic heterocycles. The normalized spacial score (nSPS) is 11.3. The van der Waals surface area contributed by atoms with Crippen LogP contribution in [0.15, 0.2) is 61.7 Å². The summed E-state index contributed by atoms with van der Waals surface area (Å²) in [6.07, 6.45) is 5.56. The van der Waals surface area contributed by atoms with Gasteiger partial charge in [-0.3, -0.25) is 0 Å². The minimum Gasteiger partial charge on any atom is -0.491 e. The number of hydrogen-bond donors (Lipinski definition) is 0. The molecule has 2 aromatic carbocycles. The van der Waals surface area contributed by atoms with E-state index in [1.165, 1.54) is 22.3 Å². The van der Waals surface area contributed by atoms with E-state index >= 15 is 0 Å². The van der Waals surface area contributed by atoms with Crippen molar-refractivity contribution >= 4 is 0 Å². The van der Waals surface area contributed by atoms with Crippen molar-refractivity contribution in [3.8, 4) is 5.75 Å². The summed E-state index contributed by atoms with van der Waals surface area (Å²) in [6, 6.07) is 13.2. The molecule has 0 heterocycles. The Kier molecular flexibility index (Phi) is 7.44. The predicted molar refractivity (Wildman–Crippen MR) is 115 cm³/mol. The van der Waals surface area contributed by atoms with Gasteiger partial charge in [0.1, 0.15) is 12.4 Å². The Morgan fingerprint density at radius 3 is 2.11 bits per heavy atom. The molecule has 2 rings (SSSR count). The van der Waals surface area contributed by atoms with E-state index in [2.05, 4.69) is 70.3 Å². The van der Waals surface area contributed by atoms with E-state index in [0.29, 0.717) is 13.2 Å². The lowest BCUT2D eigenvalue weighted by Gasteiger charge is -2.28. The molecular weight excluding hydrogens is 332 g/mol. The summed E-state index contributed by atoms with van der Waals surface area (Å²) < 4.78 is 11.0. The van der Waals surface area contributed by atoms with Gasteiger partial charge in [-0.1, -0.05) is 56.3 Å². The van der Waals surface area contributed by atoms with Crippen molar-refractivity contribution in [2.75, 3.05) is 20.3 Å². The number of rotatable bonds is 10. The van der Waals surface area contributed by atoms with E-state index in [9.17, 15) is 0 Å². The summed E-state index contributed by atoms with van der Waals surface area (Å²) in [7, 11) is 1.68. The molecule has 0 aliphatic carbocycles. The standard InChI is InChI=1S/C25H32O2/c1-7-9-20-17-22(12-11-19(20)3)25(4,5)23-13-14-24(27-16-15-26-6)21(18-23)10-8-2/h7-8,11-14,17-18H,1-2,9-10,15-16H2,3-6H3. The van der Waals surface area contributed by atoms with Gasteiger partial charge in [0.25, 0.3) is 0 Å². The predicted octanol–water partition coefficient (Wildman–Crippen LogP) is 5.80. The number of allylic oxidation sites excluding steroid dienone is 2. The van der Waals surface area contributed by atoms with Crippen LogP contribution < -0.4 is 4.74 Å². The molecule has 0 radical (unpaired) electrons. The first-order valence-corrected chi connectivity index (χ1v) is 9.51. The van der Waals surface area contributed by atoms with Crippen LogP contribution in [0.2, 0.25) is 0 Å². The number of methoxy groups -OCH3 is 1. The summed E-state index contributed by atoms with van der Waals surface area (Å²) in [6.45, 7) is 15.6. The summed E-state index contributed by atoms with van der Waals surface area (Å²) in [5.74, 6) is 0.905. The lowest BCUT2D eigenvalue weighted by molar-refractivity contribution is 0.146. The fraction of sp³-hybridized carbons (Fsp3) is 0.360. The van der Waals surface area contributed by atoms with Gasteiger partial charge in [-0.05, 0) is 53.6 Å². The summed E-state index contributed by atoms with van der Waals surface area (Å²) >= 11 is 0. The molecule has 144 valence electrons. The highest BCUT2D eigenvalue weighted by Crippen LogP contribution is 2.35. The molecule has 27 heavy (non-hydrogen) atoms. The average Bonchev–Trinajstić information content (AvgIpc) is 2.65. The van der Waals surface area contributed by atoms with Crippen molar-refractivity contribution in [3.05, 3.63) is 89.5 Å². The van der Waals surface area contributed by atoms with Gasteiger partial charge in [0, 0.05) is 12.5 Å². The quantitative estimate of drug-likeness (QED) is 0.392. The molecule has 0 unspecified atom stereocenters. The van der Waals surface area contributed by atoms with Crippen molar-refractivity contribution < 1.29 is 9.47 Å². The van der Waals surface area contributed by atoms with Gasteiger partial charge >= 0.3 is 0 Å². The fourth-order valence-corrected chi connectivity index (χ4v) is 3.26. The third-order valence-electron chi connectivity index (χ3n) is 5.13. The highest BCUT2D eigenvalue weighted by molar-refractivity contribution is 5.47. The molecule has 0 bridgehead atoms. The largest absolute Gasteiger partial charge is 0.491 e. The van der Waals surface area contributed by atoms with Gasteiger partial charge in [0.05, 0.1) is 6.61 Å². The van der Waals surface area contributed by atoms with Crippen molar-refractivity contribution in [2.45, 2.75) is 39.0 Å². The molecule has 0 N–H and O–H groups in total. The molecule has 0 spiro atoms. The Hall–Kier alpha value is -2.32. The molecule has 0 aromatic heterocycles. The van der Waals surface area contributed by atoms with Crippen LogP contribution in [-0.4, -0.2) is 20.3 Å². The Bertz CT molecular complexity index is 787. The van der Waals surface area contributed by atoms with Gasteiger partial charge < -0.3 is 9.47 Å². The lowest BCUT2D eigenvalue weighted by atomic mass is 9.76. The van der Waals surface area contributed by atoms with Crippen molar-refractivity contribution in [3.63, 3.8) is 0 Å². The molecule has 2 aromatic rings. The monoisotopic (exact) mass is 364 g/mol. The van der Waals surface area contributed by atoms with Crippen LogP contribution in [0.4, 0.5) is 0 Å². The Labute approximate surface area is 164 Å². The number of hydrogen-bond acceptors (Lipinski definition) is 2. The SMILES string of the molecule is C=CCc1cc(C(C)(C)c2ccc(OCCOC)c(CC=C)c2)ccc1C. The molecule has 0 saturated heterocycles. The van der Waals surface area contributed by atoms with Crippen LogP contribution in [0, 0.1) is 6.92 Å². The van der Waals surface area contributed by atoms with E-state index in [-0.39, 0.29) is 5.41 Å². The van der Waals surface area contributed by atoms with Gasteiger partial charge in [0.15, 0.2) is 0 Å². The third-order valence-corrected chi connectivity index (χ3v) is 5.13. The maximum atomic E-state index is 5.89. The second-order valence-corrected chi connectivity index (χ2v) is 7.42. The molecule has 0 fully saturated rings. The lowest BCUT2D eigenvalue weighted by Crippen LogP contribution is -2.20. The van der Waals surface area contributed by atoms with Crippen molar-refractivity contribution in [1.82, 2.24) is 0 Å². The number of ether oxygens (including phenoxy) is 2. The zero-order chi connectivity index (χ0) is 19.9. The van der Waals surface area contributed by atoms with Crippen LogP contribution in [0.1, 0.15) is 41.7 Å². The van der Waals surface area contributed by atoms with Crippen LogP contribution in [0.25, 0.3) is 0 Å². The summed E-state index contributed by atoms with van der Waals surface area (Å²) in [5, 5.41) is 0. The first kappa shape index (κ1) is 21.0. The topological polar surface area (TPSA) is 18.5 Å². The minimum absolute atomic E-state index is 0.107. The van der Waals surface area contributed by atoms with E-state index in [4.69, 9.17) is 9.47 Å². The summed E-state index contributed by atoms with van der Waals surface area (Å²) in [4.78, 5) is 0. The van der Waals surface area contributed by atoms with Crippen LogP contribution in [-0.2, 0) is 23.0 Å². The zero-order valence-electron chi connectivity index (χ0n) is 17.2. The Morgan fingerprint density at radius 2 is 1.48 bits per heavy atom. The Morgan fingerprint density at radius 1 is 0.889 bits per heavy atom. The number of aryl methyl sites for hydroxylation is 1. The van der Waals surface area contributed by atoms with Crippen molar-refractivity contribution in [2.24, 2.45) is 0 Å².